The lowest BCUT2D eigenvalue weighted by Crippen LogP contribution is -2.29. The zero-order chi connectivity index (χ0) is 19.6. The van der Waals surface area contributed by atoms with E-state index in [-0.39, 0.29) is 5.69 Å². The van der Waals surface area contributed by atoms with Gasteiger partial charge in [0.2, 0.25) is 0 Å². The summed E-state index contributed by atoms with van der Waals surface area (Å²) < 4.78 is 43.7. The Bertz CT molecular complexity index is 947. The van der Waals surface area contributed by atoms with Crippen molar-refractivity contribution in [1.29, 1.82) is 0 Å². The summed E-state index contributed by atoms with van der Waals surface area (Å²) in [5.74, 6) is -1.27. The molecule has 1 aromatic heterocycles. The summed E-state index contributed by atoms with van der Waals surface area (Å²) >= 11 is 1.25. The molecule has 8 heteroatoms. The number of benzene rings is 2. The fraction of sp³-hybridized carbons (Fsp3) is 0.158. The molecule has 0 saturated carbocycles. The Labute approximate surface area is 156 Å². The summed E-state index contributed by atoms with van der Waals surface area (Å²) in [4.78, 5) is 24.7. The summed E-state index contributed by atoms with van der Waals surface area (Å²) in [6.07, 6.45) is -5.56. The molecule has 140 valence electrons. The second-order valence-corrected chi connectivity index (χ2v) is 6.84. The second-order valence-electron chi connectivity index (χ2n) is 5.76. The summed E-state index contributed by atoms with van der Waals surface area (Å²) in [6, 6.07) is 13.1. The van der Waals surface area contributed by atoms with Gasteiger partial charge in [0.15, 0.2) is 6.10 Å². The number of thiophene rings is 1. The van der Waals surface area contributed by atoms with Crippen molar-refractivity contribution < 1.29 is 27.5 Å². The van der Waals surface area contributed by atoms with Crippen molar-refractivity contribution in [2.45, 2.75) is 19.2 Å². The van der Waals surface area contributed by atoms with Gasteiger partial charge < -0.3 is 10.1 Å². The molecular weight excluding hydrogens is 379 g/mol. The molecule has 27 heavy (non-hydrogen) atoms. The van der Waals surface area contributed by atoms with E-state index in [1.807, 2.05) is 24.3 Å². The van der Waals surface area contributed by atoms with Gasteiger partial charge in [0.1, 0.15) is 4.88 Å². The van der Waals surface area contributed by atoms with Gasteiger partial charge in [0.25, 0.3) is 5.91 Å². The number of esters is 1. The minimum Gasteiger partial charge on any atom is -0.448 e. The molecule has 3 rings (SSSR count). The first-order valence-corrected chi connectivity index (χ1v) is 8.73. The lowest BCUT2D eigenvalue weighted by molar-refractivity contribution is -0.137. The number of hydrogen-bond acceptors (Lipinski definition) is 4. The van der Waals surface area contributed by atoms with Gasteiger partial charge in [-0.25, -0.2) is 4.79 Å². The topological polar surface area (TPSA) is 55.4 Å². The van der Waals surface area contributed by atoms with Crippen LogP contribution < -0.4 is 5.32 Å². The largest absolute Gasteiger partial charge is 0.448 e. The summed E-state index contributed by atoms with van der Waals surface area (Å²) in [7, 11) is 0. The number of halogens is 3. The zero-order valence-corrected chi connectivity index (χ0v) is 14.9. The van der Waals surface area contributed by atoms with Gasteiger partial charge in [-0.3, -0.25) is 4.79 Å². The number of ether oxygens (including phenoxy) is 1. The van der Waals surface area contributed by atoms with Gasteiger partial charge in [0, 0.05) is 10.4 Å². The molecule has 0 bridgehead atoms. The lowest BCUT2D eigenvalue weighted by atomic mass is 10.2. The zero-order valence-electron chi connectivity index (χ0n) is 14.0. The highest BCUT2D eigenvalue weighted by atomic mass is 32.1. The Morgan fingerprint density at radius 2 is 1.74 bits per heavy atom. The van der Waals surface area contributed by atoms with Gasteiger partial charge in [-0.2, -0.15) is 13.2 Å². The van der Waals surface area contributed by atoms with Crippen LogP contribution in [-0.4, -0.2) is 18.0 Å². The van der Waals surface area contributed by atoms with Crippen LogP contribution in [0.15, 0.2) is 54.6 Å². The fourth-order valence-electron chi connectivity index (χ4n) is 2.34. The number of anilines is 1. The smallest absolute Gasteiger partial charge is 0.416 e. The van der Waals surface area contributed by atoms with E-state index in [1.54, 1.807) is 6.07 Å². The average Bonchev–Trinajstić information content (AvgIpc) is 3.05. The van der Waals surface area contributed by atoms with E-state index < -0.39 is 29.7 Å². The maximum atomic E-state index is 12.5. The van der Waals surface area contributed by atoms with E-state index in [4.69, 9.17) is 4.74 Å². The first-order chi connectivity index (χ1) is 12.7. The molecule has 0 spiro atoms. The van der Waals surface area contributed by atoms with Crippen LogP contribution in [0.2, 0.25) is 0 Å². The van der Waals surface area contributed by atoms with Gasteiger partial charge in [-0.1, -0.05) is 18.2 Å². The van der Waals surface area contributed by atoms with Crippen molar-refractivity contribution in [3.8, 4) is 0 Å². The molecule has 0 fully saturated rings. The highest BCUT2D eigenvalue weighted by Crippen LogP contribution is 2.30. The van der Waals surface area contributed by atoms with E-state index in [0.717, 1.165) is 34.4 Å². The standard InChI is InChI=1S/C19H14F3NO3S/c1-11(17(24)23-14-8-6-13(7-9-14)19(20,21)22)26-18(25)16-10-12-4-2-3-5-15(12)27-16/h2-11H,1H3,(H,23,24)/t11-/m1/s1. The number of amides is 1. The quantitative estimate of drug-likeness (QED) is 0.627. The van der Waals surface area contributed by atoms with Crippen LogP contribution in [0, 0.1) is 0 Å². The lowest BCUT2D eigenvalue weighted by Gasteiger charge is -2.13. The number of fused-ring (bicyclic) bond motifs is 1. The molecule has 0 unspecified atom stereocenters. The van der Waals surface area contributed by atoms with E-state index in [0.29, 0.717) is 4.88 Å². The summed E-state index contributed by atoms with van der Waals surface area (Å²) in [5.41, 5.74) is -0.637. The molecule has 0 aliphatic rings. The minimum absolute atomic E-state index is 0.178. The fourth-order valence-corrected chi connectivity index (χ4v) is 3.29. The molecule has 0 radical (unpaired) electrons. The molecule has 0 aliphatic carbocycles. The van der Waals surface area contributed by atoms with E-state index >= 15 is 0 Å². The number of carbonyl (C=O) groups excluding carboxylic acids is 2. The third kappa shape index (κ3) is 4.46. The molecule has 1 N–H and O–H groups in total. The molecule has 1 amide bonds. The van der Waals surface area contributed by atoms with Crippen LogP contribution in [0.3, 0.4) is 0 Å². The first kappa shape index (κ1) is 18.9. The van der Waals surface area contributed by atoms with Crippen LogP contribution in [-0.2, 0) is 15.7 Å². The molecule has 1 heterocycles. The molecule has 0 saturated heterocycles. The Kier molecular flexibility index (Phi) is 5.18. The number of nitrogens with one attached hydrogen (secondary N) is 1. The molecule has 3 aromatic rings. The number of hydrogen-bond donors (Lipinski definition) is 1. The molecule has 1 atom stereocenters. The van der Waals surface area contributed by atoms with Gasteiger partial charge in [-0.05, 0) is 48.7 Å². The number of rotatable bonds is 4. The second kappa shape index (κ2) is 7.40. The van der Waals surface area contributed by atoms with Gasteiger partial charge in [-0.15, -0.1) is 11.3 Å². The summed E-state index contributed by atoms with van der Waals surface area (Å²) in [5, 5.41) is 3.32. The van der Waals surface area contributed by atoms with Crippen molar-refractivity contribution in [3.63, 3.8) is 0 Å². The van der Waals surface area contributed by atoms with Crippen molar-refractivity contribution in [2.24, 2.45) is 0 Å². The predicted molar refractivity (Wildman–Crippen MR) is 96.8 cm³/mol. The minimum atomic E-state index is -4.45. The van der Waals surface area contributed by atoms with Crippen LogP contribution >= 0.6 is 11.3 Å². The van der Waals surface area contributed by atoms with Crippen LogP contribution in [0.25, 0.3) is 10.1 Å². The highest BCUT2D eigenvalue weighted by Gasteiger charge is 2.30. The average molecular weight is 393 g/mol. The van der Waals surface area contributed by atoms with E-state index in [2.05, 4.69) is 5.32 Å². The van der Waals surface area contributed by atoms with Crippen LogP contribution in [0.5, 0.6) is 0 Å². The van der Waals surface area contributed by atoms with Crippen molar-refractivity contribution in [3.05, 3.63) is 65.0 Å². The number of carbonyl (C=O) groups is 2. The monoisotopic (exact) mass is 393 g/mol. The summed E-state index contributed by atoms with van der Waals surface area (Å²) in [6.45, 7) is 1.39. The van der Waals surface area contributed by atoms with Crippen LogP contribution in [0.4, 0.5) is 18.9 Å². The maximum absolute atomic E-state index is 12.5. The Hall–Kier alpha value is -2.87. The SMILES string of the molecule is C[C@@H](OC(=O)c1cc2ccccc2s1)C(=O)Nc1ccc(C(F)(F)F)cc1. The van der Waals surface area contributed by atoms with Crippen molar-refractivity contribution in [1.82, 2.24) is 0 Å². The Morgan fingerprint density at radius 3 is 2.37 bits per heavy atom. The Morgan fingerprint density at radius 1 is 1.07 bits per heavy atom. The van der Waals surface area contributed by atoms with Crippen LogP contribution in [0.1, 0.15) is 22.2 Å². The van der Waals surface area contributed by atoms with E-state index in [1.165, 1.54) is 18.3 Å². The number of alkyl halides is 3. The molecule has 0 aliphatic heterocycles. The van der Waals surface area contributed by atoms with Crippen molar-refractivity contribution in [2.75, 3.05) is 5.32 Å². The third-order valence-electron chi connectivity index (χ3n) is 3.76. The van der Waals surface area contributed by atoms with Crippen molar-refractivity contribution >= 4 is 39.0 Å². The molecule has 2 aromatic carbocycles. The van der Waals surface area contributed by atoms with Gasteiger partial charge in [0.05, 0.1) is 5.56 Å². The molecule has 4 nitrogen and oxygen atoms in total. The Balaban J connectivity index is 1.62. The maximum Gasteiger partial charge on any atom is 0.416 e. The third-order valence-corrected chi connectivity index (χ3v) is 4.86. The normalized spacial score (nSPS) is 12.6. The highest BCUT2D eigenvalue weighted by molar-refractivity contribution is 7.20. The first-order valence-electron chi connectivity index (χ1n) is 7.92. The van der Waals surface area contributed by atoms with Gasteiger partial charge >= 0.3 is 12.1 Å². The predicted octanol–water partition coefficient (Wildman–Crippen LogP) is 5.10. The molecular formula is C19H14F3NO3S. The van der Waals surface area contributed by atoms with E-state index in [9.17, 15) is 22.8 Å².